The predicted molar refractivity (Wildman–Crippen MR) is 93.2 cm³/mol. The van der Waals surface area contributed by atoms with E-state index < -0.39 is 0 Å². The molecule has 1 aliphatic rings. The van der Waals surface area contributed by atoms with Crippen molar-refractivity contribution in [2.45, 2.75) is 60.3 Å². The van der Waals surface area contributed by atoms with E-state index in [1.807, 2.05) is 0 Å². The third kappa shape index (κ3) is 6.05. The molecule has 1 unspecified atom stereocenters. The Hall–Kier alpha value is -1.08. The van der Waals surface area contributed by atoms with Crippen LogP contribution in [0, 0.1) is 11.3 Å². The third-order valence-corrected chi connectivity index (χ3v) is 4.44. The van der Waals surface area contributed by atoms with E-state index in [0.29, 0.717) is 11.3 Å². The van der Waals surface area contributed by atoms with Crippen LogP contribution in [-0.4, -0.2) is 11.7 Å². The van der Waals surface area contributed by atoms with Gasteiger partial charge in [-0.15, -0.1) is 0 Å². The summed E-state index contributed by atoms with van der Waals surface area (Å²) in [5, 5.41) is 8.88. The molecular weight excluding hydrogens is 256 g/mol. The number of hydrogen-bond acceptors (Lipinski definition) is 1. The molecule has 1 rings (SSSR count). The highest BCUT2D eigenvalue weighted by molar-refractivity contribution is 5.36. The standard InChI is InChI=1S/C20H32O/c1-16(8-6-9-17(2)13-15-21)11-12-19-18(3)10-7-14-20(19,4)5/h6,8-9,11-12,17,21H,7,10,13-15H2,1-5H3/b9-6-,12-11+,16-8+. The van der Waals surface area contributed by atoms with Crippen molar-refractivity contribution in [3.63, 3.8) is 0 Å². The molecule has 1 atom stereocenters. The normalized spacial score (nSPS) is 21.5. The van der Waals surface area contributed by atoms with Gasteiger partial charge in [-0.1, -0.05) is 62.3 Å². The van der Waals surface area contributed by atoms with Crippen LogP contribution in [0.2, 0.25) is 0 Å². The van der Waals surface area contributed by atoms with Crippen LogP contribution < -0.4 is 0 Å². The Kier molecular flexibility index (Phi) is 7.17. The molecule has 1 aliphatic carbocycles. The molecule has 118 valence electrons. The molecule has 0 spiro atoms. The van der Waals surface area contributed by atoms with Crippen LogP contribution in [0.5, 0.6) is 0 Å². The lowest BCUT2D eigenvalue weighted by Crippen LogP contribution is -2.19. The molecule has 1 heteroatoms. The Morgan fingerprint density at radius 1 is 1.38 bits per heavy atom. The Morgan fingerprint density at radius 3 is 2.71 bits per heavy atom. The zero-order valence-electron chi connectivity index (χ0n) is 14.4. The largest absolute Gasteiger partial charge is 0.396 e. The van der Waals surface area contributed by atoms with E-state index in [-0.39, 0.29) is 6.61 Å². The van der Waals surface area contributed by atoms with Crippen molar-refractivity contribution < 1.29 is 5.11 Å². The van der Waals surface area contributed by atoms with E-state index in [1.165, 1.54) is 30.4 Å². The molecule has 0 bridgehead atoms. The summed E-state index contributed by atoms with van der Waals surface area (Å²) in [4.78, 5) is 0. The fourth-order valence-electron chi connectivity index (χ4n) is 2.98. The van der Waals surface area contributed by atoms with Crippen molar-refractivity contribution in [2.75, 3.05) is 6.61 Å². The molecule has 21 heavy (non-hydrogen) atoms. The molecule has 0 saturated heterocycles. The van der Waals surface area contributed by atoms with E-state index in [0.717, 1.165) is 6.42 Å². The maximum absolute atomic E-state index is 8.88. The molecule has 0 aliphatic heterocycles. The maximum Gasteiger partial charge on any atom is 0.0436 e. The van der Waals surface area contributed by atoms with Crippen LogP contribution in [0.4, 0.5) is 0 Å². The molecule has 1 nitrogen and oxygen atoms in total. The van der Waals surface area contributed by atoms with E-state index in [9.17, 15) is 0 Å². The SMILES string of the molecule is CC1=C(/C=C/C(C)=C/C=C\C(C)CCO)C(C)(C)CCC1. The lowest BCUT2D eigenvalue weighted by molar-refractivity contribution is 0.274. The van der Waals surface area contributed by atoms with E-state index in [1.54, 1.807) is 5.57 Å². The van der Waals surface area contributed by atoms with Crippen molar-refractivity contribution in [1.29, 1.82) is 0 Å². The highest BCUT2D eigenvalue weighted by Gasteiger charge is 2.26. The molecule has 0 aromatic rings. The second kappa shape index (κ2) is 8.38. The zero-order valence-corrected chi connectivity index (χ0v) is 14.4. The average molecular weight is 288 g/mol. The van der Waals surface area contributed by atoms with Gasteiger partial charge in [0.1, 0.15) is 0 Å². The first-order valence-corrected chi connectivity index (χ1v) is 8.21. The van der Waals surface area contributed by atoms with Gasteiger partial charge in [0, 0.05) is 6.61 Å². The number of allylic oxidation sites excluding steroid dienone is 8. The Balaban J connectivity index is 2.71. The summed E-state index contributed by atoms with van der Waals surface area (Å²) in [5.41, 5.74) is 4.63. The molecule has 0 fully saturated rings. The molecule has 0 aromatic carbocycles. The lowest BCUT2D eigenvalue weighted by atomic mass is 9.72. The smallest absolute Gasteiger partial charge is 0.0436 e. The molecular formula is C20H32O. The fraction of sp³-hybridized carbons (Fsp3) is 0.600. The molecule has 0 amide bonds. The molecule has 1 N–H and O–H groups in total. The number of rotatable bonds is 6. The van der Waals surface area contributed by atoms with Crippen LogP contribution in [0.1, 0.15) is 60.3 Å². The molecule has 0 heterocycles. The van der Waals surface area contributed by atoms with Gasteiger partial charge >= 0.3 is 0 Å². The van der Waals surface area contributed by atoms with Crippen LogP contribution >= 0.6 is 0 Å². The summed E-state index contributed by atoms with van der Waals surface area (Å²) in [6.07, 6.45) is 15.6. The van der Waals surface area contributed by atoms with Gasteiger partial charge in [0.25, 0.3) is 0 Å². The van der Waals surface area contributed by atoms with Crippen molar-refractivity contribution >= 4 is 0 Å². The summed E-state index contributed by atoms with van der Waals surface area (Å²) < 4.78 is 0. The van der Waals surface area contributed by atoms with Crippen molar-refractivity contribution in [3.05, 3.63) is 47.1 Å². The topological polar surface area (TPSA) is 20.2 Å². The first-order chi connectivity index (χ1) is 9.86. The first kappa shape index (κ1) is 18.0. The molecule has 0 saturated carbocycles. The van der Waals surface area contributed by atoms with Gasteiger partial charge in [-0.2, -0.15) is 0 Å². The highest BCUT2D eigenvalue weighted by Crippen LogP contribution is 2.40. The van der Waals surface area contributed by atoms with Gasteiger partial charge in [-0.05, 0) is 56.4 Å². The van der Waals surface area contributed by atoms with Gasteiger partial charge in [0.05, 0.1) is 0 Å². The second-order valence-electron chi connectivity index (χ2n) is 7.05. The van der Waals surface area contributed by atoms with Crippen molar-refractivity contribution in [2.24, 2.45) is 11.3 Å². The summed E-state index contributed by atoms with van der Waals surface area (Å²) >= 11 is 0. The number of hydrogen-bond donors (Lipinski definition) is 1. The highest BCUT2D eigenvalue weighted by atomic mass is 16.3. The predicted octanol–water partition coefficient (Wildman–Crippen LogP) is 5.59. The fourth-order valence-corrected chi connectivity index (χ4v) is 2.98. The minimum Gasteiger partial charge on any atom is -0.396 e. The summed E-state index contributed by atoms with van der Waals surface area (Å²) in [6, 6.07) is 0. The van der Waals surface area contributed by atoms with Crippen LogP contribution in [0.15, 0.2) is 47.1 Å². The summed E-state index contributed by atoms with van der Waals surface area (Å²) in [7, 11) is 0. The van der Waals surface area contributed by atoms with E-state index >= 15 is 0 Å². The Labute approximate surface area is 131 Å². The summed E-state index contributed by atoms with van der Waals surface area (Å²) in [6.45, 7) is 11.5. The van der Waals surface area contributed by atoms with Gasteiger partial charge in [0.15, 0.2) is 0 Å². The molecule has 0 aromatic heterocycles. The monoisotopic (exact) mass is 288 g/mol. The van der Waals surface area contributed by atoms with Gasteiger partial charge < -0.3 is 5.11 Å². The third-order valence-electron chi connectivity index (χ3n) is 4.44. The minimum absolute atomic E-state index is 0.261. The van der Waals surface area contributed by atoms with Crippen LogP contribution in [0.3, 0.4) is 0 Å². The molecule has 0 radical (unpaired) electrons. The Morgan fingerprint density at radius 2 is 2.10 bits per heavy atom. The Bertz CT molecular complexity index is 446. The first-order valence-electron chi connectivity index (χ1n) is 8.21. The lowest BCUT2D eigenvalue weighted by Gasteiger charge is -2.32. The number of aliphatic hydroxyl groups is 1. The van der Waals surface area contributed by atoms with Crippen molar-refractivity contribution in [3.8, 4) is 0 Å². The zero-order chi connectivity index (χ0) is 15.9. The quantitative estimate of drug-likeness (QED) is 0.632. The number of aliphatic hydroxyl groups excluding tert-OH is 1. The van der Waals surface area contributed by atoms with Crippen LogP contribution in [0.25, 0.3) is 0 Å². The van der Waals surface area contributed by atoms with Gasteiger partial charge in [-0.25, -0.2) is 0 Å². The van der Waals surface area contributed by atoms with Gasteiger partial charge in [0.2, 0.25) is 0 Å². The average Bonchev–Trinajstić information content (AvgIpc) is 2.37. The van der Waals surface area contributed by atoms with E-state index in [2.05, 4.69) is 65.0 Å². The van der Waals surface area contributed by atoms with E-state index in [4.69, 9.17) is 5.11 Å². The summed E-state index contributed by atoms with van der Waals surface area (Å²) in [5.74, 6) is 0.435. The maximum atomic E-state index is 8.88. The van der Waals surface area contributed by atoms with Crippen LogP contribution in [-0.2, 0) is 0 Å². The van der Waals surface area contributed by atoms with Gasteiger partial charge in [-0.3, -0.25) is 0 Å². The second-order valence-corrected chi connectivity index (χ2v) is 7.05. The van der Waals surface area contributed by atoms with Crippen molar-refractivity contribution in [1.82, 2.24) is 0 Å². The minimum atomic E-state index is 0.261.